The minimum Gasteiger partial charge on any atom is -0.490 e. The van der Waals surface area contributed by atoms with Crippen LogP contribution in [0.25, 0.3) is 11.1 Å². The van der Waals surface area contributed by atoms with E-state index in [1.165, 1.54) is 32.4 Å². The molecular weight excluding hydrogens is 1150 g/mol. The van der Waals surface area contributed by atoms with Gasteiger partial charge < -0.3 is 41.8 Å². The molecule has 1 fully saturated rings. The number of aromatic nitrogens is 3. The van der Waals surface area contributed by atoms with Crippen molar-refractivity contribution in [2.24, 2.45) is 5.92 Å². The molecule has 0 bridgehead atoms. The fourth-order valence-corrected chi connectivity index (χ4v) is 9.01. The van der Waals surface area contributed by atoms with E-state index in [9.17, 15) is 54.0 Å². The normalized spacial score (nSPS) is 13.1. The number of para-hydroxylation sites is 2. The van der Waals surface area contributed by atoms with Crippen LogP contribution in [0.2, 0.25) is 10.0 Å². The Balaban J connectivity index is 0.000000221. The minimum atomic E-state index is -4.65. The lowest BCUT2D eigenvalue weighted by Gasteiger charge is -2.20. The quantitative estimate of drug-likeness (QED) is 0.0409. The molecule has 4 aromatic carbocycles. The number of carbonyl (C=O) groups excluding carboxylic acids is 5. The minimum absolute atomic E-state index is 0.0444. The number of amides is 2. The molecule has 6 aromatic rings. The lowest BCUT2D eigenvalue weighted by molar-refractivity contribution is -0.176. The van der Waals surface area contributed by atoms with Gasteiger partial charge >= 0.3 is 34.6 Å². The zero-order valence-electron chi connectivity index (χ0n) is 43.1. The van der Waals surface area contributed by atoms with Gasteiger partial charge in [-0.2, -0.15) is 36.5 Å². The third-order valence-corrected chi connectivity index (χ3v) is 13.0. The van der Waals surface area contributed by atoms with E-state index in [2.05, 4.69) is 25.0 Å². The van der Waals surface area contributed by atoms with Crippen molar-refractivity contribution in [1.82, 2.24) is 19.7 Å². The Hall–Kier alpha value is -7.79. The van der Waals surface area contributed by atoms with Crippen LogP contribution < -0.4 is 37.9 Å². The van der Waals surface area contributed by atoms with Crippen molar-refractivity contribution < 1.29 is 95.7 Å². The summed E-state index contributed by atoms with van der Waals surface area (Å²) in [4.78, 5) is 71.7. The van der Waals surface area contributed by atoms with Crippen molar-refractivity contribution >= 4 is 89.7 Å². The Morgan fingerprint density at radius 1 is 0.825 bits per heavy atom. The standard InChI is InChI=1S/C18H16ClNO5.C17H16ClF3O6S.C15H18N4O7S/c1-3-22-17(21)11(2)23-13-5-7-14(8-6-13)24-18-20-15-9-4-12(19)10-16(15)25-18;1-28(25,26)13-6-5-9(15(18)10(13)7-27-8-17(19,20)21)16(24)14-11(22)3-2-4-12(14)23;1-4-25-10-7-5-6-8-11(10)26-27(21,22)19-15(20)18-14-16-12(23-2)9-13(17-14)24-3/h4-11H,3H2,1-2H3;5-6,14H,2-4,7-8H2,1H3;5-9H,4H2,1-3H3,(H2,16,17,18,19,20). The van der Waals surface area contributed by atoms with Crippen LogP contribution in [0.5, 0.6) is 40.8 Å². The average molecular weight is 1200 g/mol. The molecule has 1 unspecified atom stereocenters. The Bertz CT molecular complexity index is 3390. The van der Waals surface area contributed by atoms with Gasteiger partial charge in [-0.3, -0.25) is 19.7 Å². The third-order valence-electron chi connectivity index (χ3n) is 10.3. The predicted octanol–water partition coefficient (Wildman–Crippen LogP) is 8.89. The number of fused-ring (bicyclic) bond motifs is 1. The molecular formula is C50H50Cl2F3N5O18S2. The number of carbonyl (C=O) groups is 5. The number of benzene rings is 4. The van der Waals surface area contributed by atoms with Crippen LogP contribution in [-0.2, 0) is 50.6 Å². The lowest BCUT2D eigenvalue weighted by atomic mass is 9.81. The number of ketones is 3. The molecule has 1 saturated carbocycles. The number of rotatable bonds is 20. The number of oxazole rings is 1. The maximum Gasteiger partial charge on any atom is 0.411 e. The van der Waals surface area contributed by atoms with E-state index in [0.29, 0.717) is 47.3 Å². The van der Waals surface area contributed by atoms with Crippen LogP contribution in [-0.4, -0.2) is 114 Å². The highest BCUT2D eigenvalue weighted by Crippen LogP contribution is 2.34. The Kier molecular flexibility index (Phi) is 22.4. The number of methoxy groups -OCH3 is 2. The van der Waals surface area contributed by atoms with Gasteiger partial charge in [0.1, 0.15) is 29.5 Å². The van der Waals surface area contributed by atoms with Gasteiger partial charge in [0.05, 0.1) is 50.0 Å². The number of hydrogen-bond donors (Lipinski definition) is 2. The van der Waals surface area contributed by atoms with Crippen LogP contribution in [0, 0.1) is 5.92 Å². The predicted molar refractivity (Wildman–Crippen MR) is 279 cm³/mol. The number of nitrogens with one attached hydrogen (secondary N) is 2. The van der Waals surface area contributed by atoms with Crippen LogP contribution in [0.4, 0.5) is 23.9 Å². The van der Waals surface area contributed by atoms with Crippen molar-refractivity contribution in [3.05, 3.63) is 106 Å². The zero-order valence-corrected chi connectivity index (χ0v) is 46.2. The second kappa shape index (κ2) is 28.4. The molecule has 0 aliphatic heterocycles. The number of sulfone groups is 1. The van der Waals surface area contributed by atoms with E-state index in [0.717, 1.165) is 18.4 Å². The number of nitrogens with zero attached hydrogens (tertiary/aromatic N) is 3. The maximum atomic E-state index is 12.7. The van der Waals surface area contributed by atoms with Gasteiger partial charge in [-0.05, 0) is 87.9 Å². The number of urea groups is 1. The molecule has 0 spiro atoms. The molecule has 2 aromatic heterocycles. The monoisotopic (exact) mass is 1200 g/mol. The van der Waals surface area contributed by atoms with Gasteiger partial charge in [0.2, 0.25) is 17.7 Å². The molecule has 1 aliphatic carbocycles. The number of hydrogen-bond acceptors (Lipinski definition) is 21. The highest BCUT2D eigenvalue weighted by atomic mass is 35.5. The number of halogens is 5. The van der Waals surface area contributed by atoms with E-state index >= 15 is 0 Å². The number of Topliss-reactive ketones (excluding diaryl/α,β-unsaturated/α-hetero) is 3. The maximum absolute atomic E-state index is 12.7. The molecule has 1 atom stereocenters. The fourth-order valence-electron chi connectivity index (χ4n) is 6.86. The second-order valence-electron chi connectivity index (χ2n) is 16.3. The van der Waals surface area contributed by atoms with Gasteiger partial charge in [-0.15, -0.1) is 0 Å². The molecule has 7 rings (SSSR count). The second-order valence-corrected chi connectivity index (χ2v) is 20.4. The van der Waals surface area contributed by atoms with E-state index in [1.807, 2.05) is 0 Å². The Morgan fingerprint density at radius 3 is 2.04 bits per heavy atom. The van der Waals surface area contributed by atoms with Crippen molar-refractivity contribution in [1.29, 1.82) is 0 Å². The fraction of sp³-hybridized carbons (Fsp3) is 0.320. The molecule has 430 valence electrons. The summed E-state index contributed by atoms with van der Waals surface area (Å²) in [6.07, 6.45) is -3.97. The molecule has 80 heavy (non-hydrogen) atoms. The van der Waals surface area contributed by atoms with E-state index in [4.69, 9.17) is 60.2 Å². The Labute approximate surface area is 465 Å². The molecule has 0 saturated heterocycles. The molecule has 2 heterocycles. The van der Waals surface area contributed by atoms with Crippen molar-refractivity contribution in [3.63, 3.8) is 0 Å². The first-order valence-corrected chi connectivity index (χ1v) is 27.4. The summed E-state index contributed by atoms with van der Waals surface area (Å²) in [7, 11) is -5.67. The lowest BCUT2D eigenvalue weighted by Crippen LogP contribution is -2.37. The zero-order chi connectivity index (χ0) is 59.0. The van der Waals surface area contributed by atoms with Crippen LogP contribution in [0.3, 0.4) is 0 Å². The first kappa shape index (κ1) is 63.0. The highest BCUT2D eigenvalue weighted by Gasteiger charge is 2.38. The van der Waals surface area contributed by atoms with Crippen molar-refractivity contribution in [2.45, 2.75) is 63.8 Å². The van der Waals surface area contributed by atoms with Crippen molar-refractivity contribution in [3.8, 4) is 40.8 Å². The average Bonchev–Trinajstić information content (AvgIpc) is 3.80. The van der Waals surface area contributed by atoms with Gasteiger partial charge in [-0.1, -0.05) is 35.3 Å². The van der Waals surface area contributed by atoms with Gasteiger partial charge in [0.25, 0.3) is 0 Å². The van der Waals surface area contributed by atoms with Crippen LogP contribution in [0.15, 0.2) is 94.2 Å². The summed E-state index contributed by atoms with van der Waals surface area (Å²) in [5.41, 5.74) is 0.552. The molecule has 1 aliphatic rings. The van der Waals surface area contributed by atoms with Gasteiger partial charge in [0.15, 0.2) is 50.4 Å². The number of ether oxygens (including phenoxy) is 7. The molecule has 0 radical (unpaired) electrons. The molecule has 30 heteroatoms. The van der Waals surface area contributed by atoms with Gasteiger partial charge in [-0.25, -0.2) is 22.7 Å². The smallest absolute Gasteiger partial charge is 0.411 e. The Morgan fingerprint density at radius 2 is 1.45 bits per heavy atom. The van der Waals surface area contributed by atoms with Crippen LogP contribution >= 0.6 is 23.2 Å². The van der Waals surface area contributed by atoms with E-state index < -0.39 is 90.8 Å². The summed E-state index contributed by atoms with van der Waals surface area (Å²) in [5, 5.41) is 2.26. The first-order chi connectivity index (χ1) is 37.7. The van der Waals surface area contributed by atoms with E-state index in [1.54, 1.807) is 80.1 Å². The third kappa shape index (κ3) is 18.7. The summed E-state index contributed by atoms with van der Waals surface area (Å²) >= 11 is 12.0. The molecule has 23 nitrogen and oxygen atoms in total. The molecule has 2 amide bonds. The van der Waals surface area contributed by atoms with Gasteiger partial charge in [0, 0.05) is 41.3 Å². The summed E-state index contributed by atoms with van der Waals surface area (Å²) < 4.78 is 133. The number of alkyl halides is 3. The topological polar surface area (TPSA) is 303 Å². The highest BCUT2D eigenvalue weighted by molar-refractivity contribution is 7.90. The number of esters is 1. The largest absolute Gasteiger partial charge is 0.490 e. The summed E-state index contributed by atoms with van der Waals surface area (Å²) in [6.45, 7) is 3.26. The summed E-state index contributed by atoms with van der Waals surface area (Å²) in [6, 6.07) is 20.3. The SMILES string of the molecule is CCOC(=O)C(C)Oc1ccc(Oc2nc3ccc(Cl)cc3o2)cc1.CCOc1ccccc1OS(=O)(=O)NC(=O)Nc1nc(OC)cc(OC)n1.CS(=O)(=O)c1ccc(C(=O)C2C(=O)CCCC2=O)c(Cl)c1COCC(F)(F)F. The van der Waals surface area contributed by atoms with Crippen molar-refractivity contribution in [2.75, 3.05) is 45.6 Å². The first-order valence-electron chi connectivity index (χ1n) is 23.4. The van der Waals surface area contributed by atoms with Crippen LogP contribution in [0.1, 0.15) is 56.0 Å². The molecule has 2 N–H and O–H groups in total. The summed E-state index contributed by atoms with van der Waals surface area (Å²) in [5.74, 6) is -2.81. The number of anilines is 1. The van der Waals surface area contributed by atoms with E-state index in [-0.39, 0.29) is 59.3 Å².